The molecule has 1 saturated heterocycles. The molecular formula is C28H51N6O5S+. The van der Waals surface area contributed by atoms with Crippen LogP contribution in [0.2, 0.25) is 0 Å². The molecule has 1 aliphatic heterocycles. The SMILES string of the molecule is CC(C)C(NC(=S)NCCCCN1C(=O)CC(C(C)(C)C)C1=O)C(=O)NC(CCCNC([NH3+])=O)C(=O)C(C)(C)C. The molecule has 0 bridgehead atoms. The molecule has 40 heavy (non-hydrogen) atoms. The Hall–Kier alpha value is -2.60. The number of unbranched alkanes of at least 4 members (excludes halogenated alkanes) is 1. The molecule has 3 unspecified atom stereocenters. The molecule has 0 spiro atoms. The lowest BCUT2D eigenvalue weighted by atomic mass is 9.80. The maximum absolute atomic E-state index is 13.2. The molecule has 0 aliphatic carbocycles. The monoisotopic (exact) mass is 583 g/mol. The summed E-state index contributed by atoms with van der Waals surface area (Å²) in [4.78, 5) is 63.6. The maximum atomic E-state index is 13.2. The van der Waals surface area contributed by atoms with Gasteiger partial charge in [0.05, 0.1) is 12.0 Å². The molecular weight excluding hydrogens is 532 g/mol. The van der Waals surface area contributed by atoms with Crippen molar-refractivity contribution in [2.45, 2.75) is 99.6 Å². The number of rotatable bonds is 14. The summed E-state index contributed by atoms with van der Waals surface area (Å²) < 4.78 is 0. The van der Waals surface area contributed by atoms with Crippen molar-refractivity contribution in [2.24, 2.45) is 22.7 Å². The van der Waals surface area contributed by atoms with Gasteiger partial charge in [0, 0.05) is 31.5 Å². The average Bonchev–Trinajstić information content (AvgIpc) is 3.11. The first-order chi connectivity index (χ1) is 18.4. The molecule has 5 amide bonds. The van der Waals surface area contributed by atoms with Crippen LogP contribution in [-0.2, 0) is 19.2 Å². The van der Waals surface area contributed by atoms with Gasteiger partial charge in [0.2, 0.25) is 17.7 Å². The van der Waals surface area contributed by atoms with Gasteiger partial charge >= 0.3 is 6.03 Å². The largest absolute Gasteiger partial charge is 0.411 e. The van der Waals surface area contributed by atoms with Gasteiger partial charge in [-0.2, -0.15) is 0 Å². The van der Waals surface area contributed by atoms with E-state index in [0.29, 0.717) is 50.4 Å². The van der Waals surface area contributed by atoms with Crippen LogP contribution < -0.4 is 27.0 Å². The van der Waals surface area contributed by atoms with Gasteiger partial charge in [-0.1, -0.05) is 55.4 Å². The molecule has 0 aromatic heterocycles. The molecule has 0 aromatic rings. The Morgan fingerprint density at radius 2 is 1.57 bits per heavy atom. The molecule has 7 N–H and O–H groups in total. The zero-order chi connectivity index (χ0) is 30.8. The highest BCUT2D eigenvalue weighted by atomic mass is 32.1. The summed E-state index contributed by atoms with van der Waals surface area (Å²) in [7, 11) is 0. The molecule has 12 heteroatoms. The van der Waals surface area contributed by atoms with Gasteiger partial charge < -0.3 is 21.3 Å². The van der Waals surface area contributed by atoms with Crippen molar-refractivity contribution in [1.29, 1.82) is 0 Å². The topological polar surface area (TPSA) is 164 Å². The summed E-state index contributed by atoms with van der Waals surface area (Å²) in [5, 5.41) is 12.0. The number of nitrogens with one attached hydrogen (secondary N) is 4. The van der Waals surface area contributed by atoms with E-state index in [9.17, 15) is 24.0 Å². The number of urea groups is 1. The van der Waals surface area contributed by atoms with E-state index in [1.165, 1.54) is 4.90 Å². The molecule has 1 aliphatic rings. The second-order valence-electron chi connectivity index (χ2n) is 13.0. The third-order valence-electron chi connectivity index (χ3n) is 6.98. The normalized spacial score (nSPS) is 17.4. The van der Waals surface area contributed by atoms with Gasteiger partial charge in [0.15, 0.2) is 10.9 Å². The third-order valence-corrected chi connectivity index (χ3v) is 7.25. The quantitative estimate of drug-likeness (QED) is 0.117. The predicted octanol–water partition coefficient (Wildman–Crippen LogP) is 1.51. The van der Waals surface area contributed by atoms with E-state index in [1.54, 1.807) is 0 Å². The zero-order valence-electron chi connectivity index (χ0n) is 25.6. The minimum Gasteiger partial charge on any atom is -0.363 e. The second-order valence-corrected chi connectivity index (χ2v) is 13.4. The highest BCUT2D eigenvalue weighted by molar-refractivity contribution is 7.80. The fourth-order valence-electron chi connectivity index (χ4n) is 4.51. The summed E-state index contributed by atoms with van der Waals surface area (Å²) >= 11 is 5.42. The zero-order valence-corrected chi connectivity index (χ0v) is 26.4. The first kappa shape index (κ1) is 35.4. The van der Waals surface area contributed by atoms with Crippen molar-refractivity contribution in [2.75, 3.05) is 19.6 Å². The van der Waals surface area contributed by atoms with Crippen molar-refractivity contribution < 1.29 is 29.7 Å². The van der Waals surface area contributed by atoms with Crippen LogP contribution in [0.15, 0.2) is 0 Å². The Morgan fingerprint density at radius 1 is 0.975 bits per heavy atom. The number of carbonyl (C=O) groups is 5. The van der Waals surface area contributed by atoms with E-state index in [-0.39, 0.29) is 53.2 Å². The summed E-state index contributed by atoms with van der Waals surface area (Å²) in [6, 6.07) is -1.75. The lowest BCUT2D eigenvalue weighted by Gasteiger charge is -2.29. The van der Waals surface area contributed by atoms with Crippen LogP contribution in [0.25, 0.3) is 0 Å². The Kier molecular flexibility index (Phi) is 13.7. The fourth-order valence-corrected chi connectivity index (χ4v) is 4.73. The number of ketones is 1. The average molecular weight is 584 g/mol. The van der Waals surface area contributed by atoms with Gasteiger partial charge in [0.25, 0.3) is 0 Å². The van der Waals surface area contributed by atoms with Crippen molar-refractivity contribution >= 4 is 46.9 Å². The molecule has 1 heterocycles. The standard InChI is InChI=1S/C28H50N6O5S/c1-17(2)21(23(37)32-19(22(36)28(6,7)8)12-11-14-30-25(29)39)33-26(40)31-13-9-10-15-34-20(35)16-18(24(34)38)27(3,4)5/h17-19,21H,9-16H2,1-8H3,(H,32,37)(H3,29,30,39)(H2,31,33,40)/p+1. The maximum Gasteiger partial charge on any atom is 0.411 e. The van der Waals surface area contributed by atoms with Gasteiger partial charge in [-0.25, -0.2) is 4.79 Å². The number of thiocarbonyl (C=S) groups is 1. The number of hydrogen-bond acceptors (Lipinski definition) is 6. The van der Waals surface area contributed by atoms with Crippen molar-refractivity contribution in [3.8, 4) is 0 Å². The lowest BCUT2D eigenvalue weighted by molar-refractivity contribution is -0.250. The molecule has 1 fully saturated rings. The molecule has 0 saturated carbocycles. The van der Waals surface area contributed by atoms with E-state index < -0.39 is 17.5 Å². The van der Waals surface area contributed by atoms with E-state index in [2.05, 4.69) is 27.0 Å². The van der Waals surface area contributed by atoms with E-state index in [4.69, 9.17) is 12.2 Å². The molecule has 0 aromatic carbocycles. The highest BCUT2D eigenvalue weighted by Gasteiger charge is 2.44. The first-order valence-corrected chi connectivity index (χ1v) is 14.6. The van der Waals surface area contributed by atoms with Gasteiger partial charge in [-0.15, -0.1) is 0 Å². The van der Waals surface area contributed by atoms with Gasteiger partial charge in [-0.05, 0) is 49.2 Å². The van der Waals surface area contributed by atoms with E-state index in [0.717, 1.165) is 0 Å². The number of quaternary nitrogens is 1. The lowest BCUT2D eigenvalue weighted by Crippen LogP contribution is -2.63. The van der Waals surface area contributed by atoms with Crippen LogP contribution >= 0.6 is 12.2 Å². The summed E-state index contributed by atoms with van der Waals surface area (Å²) in [5.41, 5.74) is 2.38. The Labute approximate surface area is 244 Å². The Balaban J connectivity index is 2.61. The van der Waals surface area contributed by atoms with Gasteiger partial charge in [0.1, 0.15) is 6.04 Å². The van der Waals surface area contributed by atoms with Crippen LogP contribution in [0, 0.1) is 22.7 Å². The van der Waals surface area contributed by atoms with Crippen LogP contribution in [0.3, 0.4) is 0 Å². The van der Waals surface area contributed by atoms with E-state index in [1.807, 2.05) is 55.4 Å². The smallest absolute Gasteiger partial charge is 0.363 e. The van der Waals surface area contributed by atoms with Crippen LogP contribution in [0.1, 0.15) is 87.5 Å². The number of nitrogens with zero attached hydrogens (tertiary/aromatic N) is 1. The predicted molar refractivity (Wildman–Crippen MR) is 158 cm³/mol. The number of carbonyl (C=O) groups excluding carboxylic acids is 5. The summed E-state index contributed by atoms with van der Waals surface area (Å²) in [5.74, 6) is -1.02. The van der Waals surface area contributed by atoms with E-state index >= 15 is 0 Å². The van der Waals surface area contributed by atoms with Crippen LogP contribution in [0.4, 0.5) is 4.79 Å². The molecule has 0 radical (unpaired) electrons. The second kappa shape index (κ2) is 15.4. The molecule has 11 nitrogen and oxygen atoms in total. The molecule has 1 rings (SSSR count). The molecule has 3 atom stereocenters. The third kappa shape index (κ3) is 11.5. The number of Topliss-reactive ketones (excluding diaryl/α,β-unsaturated/α-hetero) is 1. The number of hydrogen-bond donors (Lipinski definition) is 5. The summed E-state index contributed by atoms with van der Waals surface area (Å²) in [6.45, 7) is 16.4. The van der Waals surface area contributed by atoms with Crippen molar-refractivity contribution in [1.82, 2.24) is 26.2 Å². The number of imide groups is 1. The number of amides is 5. The Bertz CT molecular complexity index is 940. The molecule has 228 valence electrons. The fraction of sp³-hybridized carbons (Fsp3) is 0.786. The highest BCUT2D eigenvalue weighted by Crippen LogP contribution is 2.35. The minimum absolute atomic E-state index is 0.0891. The van der Waals surface area contributed by atoms with Crippen molar-refractivity contribution in [3.05, 3.63) is 0 Å². The first-order valence-electron chi connectivity index (χ1n) is 14.2. The minimum atomic E-state index is -0.701. The van der Waals surface area contributed by atoms with Crippen molar-refractivity contribution in [3.63, 3.8) is 0 Å². The Morgan fingerprint density at radius 3 is 2.08 bits per heavy atom. The summed E-state index contributed by atoms with van der Waals surface area (Å²) in [6.07, 6.45) is 2.49. The number of likely N-dealkylation sites (tertiary alicyclic amines) is 1. The van der Waals surface area contributed by atoms with Crippen LogP contribution in [-0.4, -0.2) is 71.3 Å². The van der Waals surface area contributed by atoms with Gasteiger partial charge in [-0.3, -0.25) is 29.8 Å². The van der Waals surface area contributed by atoms with Crippen LogP contribution in [0.5, 0.6) is 0 Å².